The monoisotopic (exact) mass is 532 g/mol. The van der Waals surface area contributed by atoms with Gasteiger partial charge in [0.2, 0.25) is 5.89 Å². The highest BCUT2D eigenvalue weighted by molar-refractivity contribution is 6.31. The second kappa shape index (κ2) is 10.00. The van der Waals surface area contributed by atoms with Gasteiger partial charge >= 0.3 is 6.09 Å². The summed E-state index contributed by atoms with van der Waals surface area (Å²) >= 11 is 6.23. The van der Waals surface area contributed by atoms with Gasteiger partial charge in [-0.2, -0.15) is 5.53 Å². The van der Waals surface area contributed by atoms with E-state index < -0.39 is 11.7 Å². The first kappa shape index (κ1) is 25.0. The molecule has 1 atom stereocenters. The van der Waals surface area contributed by atoms with E-state index in [1.165, 1.54) is 7.11 Å². The summed E-state index contributed by atoms with van der Waals surface area (Å²) in [6.07, 6.45) is 2.72. The summed E-state index contributed by atoms with van der Waals surface area (Å²) in [5, 5.41) is 34.8. The number of aliphatic hydroxyl groups is 1. The molecule has 4 aromatic rings. The van der Waals surface area contributed by atoms with Crippen LogP contribution in [0.2, 0.25) is 5.02 Å². The molecule has 0 fully saturated rings. The largest absolute Gasteiger partial charge is 0.453 e. The van der Waals surface area contributed by atoms with Crippen molar-refractivity contribution in [1.29, 1.82) is 10.9 Å². The lowest BCUT2D eigenvalue weighted by atomic mass is 9.99. The van der Waals surface area contributed by atoms with Gasteiger partial charge in [0.25, 0.3) is 5.89 Å². The predicted octanol–water partition coefficient (Wildman–Crippen LogP) is 5.17. The summed E-state index contributed by atoms with van der Waals surface area (Å²) in [7, 11) is 1.28. The van der Waals surface area contributed by atoms with Crippen molar-refractivity contribution in [3.05, 3.63) is 76.9 Å². The zero-order chi connectivity index (χ0) is 26.9. The number of rotatable bonds is 7. The van der Waals surface area contributed by atoms with Crippen LogP contribution in [-0.2, 0) is 16.8 Å². The average Bonchev–Trinajstić information content (AvgIpc) is 3.56. The smallest absolute Gasteiger partial charge is 0.411 e. The molecule has 0 saturated carbocycles. The molecule has 12 nitrogen and oxygen atoms in total. The number of hydrogen-bond acceptors (Lipinski definition) is 10. The van der Waals surface area contributed by atoms with Crippen LogP contribution in [0.15, 0.2) is 64.4 Å². The van der Waals surface area contributed by atoms with Gasteiger partial charge in [0.15, 0.2) is 5.60 Å². The van der Waals surface area contributed by atoms with E-state index in [1.807, 2.05) is 6.07 Å². The lowest BCUT2D eigenvalue weighted by molar-refractivity contribution is 0.0496. The lowest BCUT2D eigenvalue weighted by Gasteiger charge is -2.19. The molecule has 0 spiro atoms. The fourth-order valence-electron chi connectivity index (χ4n) is 4.33. The third-order valence-electron chi connectivity index (χ3n) is 6.20. The maximum absolute atomic E-state index is 11.6. The minimum absolute atomic E-state index is 0.0229. The van der Waals surface area contributed by atoms with Crippen molar-refractivity contribution >= 4 is 35.4 Å². The number of ether oxygens (including phenoxy) is 1. The topological polar surface area (TPSA) is 174 Å². The van der Waals surface area contributed by atoms with Crippen LogP contribution in [0.4, 0.5) is 16.2 Å². The van der Waals surface area contributed by atoms with Gasteiger partial charge in [0.05, 0.1) is 18.5 Å². The Morgan fingerprint density at radius 1 is 1.24 bits per heavy atom. The summed E-state index contributed by atoms with van der Waals surface area (Å²) in [5.74, 6) is 0.229. The molecular formula is C25H21ClN8O4. The van der Waals surface area contributed by atoms with Crippen LogP contribution in [0, 0.1) is 10.9 Å². The van der Waals surface area contributed by atoms with Crippen molar-refractivity contribution in [3.63, 3.8) is 0 Å². The number of amides is 1. The number of anilines is 2. The highest BCUT2D eigenvalue weighted by Crippen LogP contribution is 2.43. The molecule has 2 heterocycles. The second-order valence-electron chi connectivity index (χ2n) is 8.43. The molecule has 1 unspecified atom stereocenters. The summed E-state index contributed by atoms with van der Waals surface area (Å²) in [4.78, 5) is 15.9. The van der Waals surface area contributed by atoms with E-state index in [2.05, 4.69) is 30.5 Å². The summed E-state index contributed by atoms with van der Waals surface area (Å²) in [6.45, 7) is 0. The van der Waals surface area contributed by atoms with Crippen molar-refractivity contribution < 1.29 is 19.1 Å². The van der Waals surface area contributed by atoms with Gasteiger partial charge in [-0.05, 0) is 66.9 Å². The van der Waals surface area contributed by atoms with Gasteiger partial charge in [-0.15, -0.1) is 10.2 Å². The number of methoxy groups -OCH3 is 1. The molecule has 0 bridgehead atoms. The van der Waals surface area contributed by atoms with Crippen LogP contribution < -0.4 is 10.3 Å². The van der Waals surface area contributed by atoms with Crippen LogP contribution in [0.25, 0.3) is 22.6 Å². The molecule has 5 rings (SSSR count). The maximum Gasteiger partial charge on any atom is 0.411 e. The van der Waals surface area contributed by atoms with Crippen molar-refractivity contribution in [3.8, 4) is 22.6 Å². The molecular weight excluding hydrogens is 512 g/mol. The molecule has 2 aromatic heterocycles. The van der Waals surface area contributed by atoms with Gasteiger partial charge in [-0.25, -0.2) is 9.80 Å². The Morgan fingerprint density at radius 2 is 2.03 bits per heavy atom. The van der Waals surface area contributed by atoms with Gasteiger partial charge in [0, 0.05) is 33.6 Å². The van der Waals surface area contributed by atoms with Crippen molar-refractivity contribution in [1.82, 2.24) is 15.2 Å². The maximum atomic E-state index is 11.6. The number of carbonyl (C=O) groups excluding carboxylic acids is 1. The number of pyridine rings is 1. The van der Waals surface area contributed by atoms with E-state index in [-0.39, 0.29) is 11.8 Å². The molecule has 13 heteroatoms. The van der Waals surface area contributed by atoms with Gasteiger partial charge in [-0.3, -0.25) is 15.7 Å². The van der Waals surface area contributed by atoms with Crippen molar-refractivity contribution in [2.45, 2.75) is 18.4 Å². The number of carbonyl (C=O) groups is 1. The third kappa shape index (κ3) is 4.46. The number of benzene rings is 2. The van der Waals surface area contributed by atoms with Gasteiger partial charge in [-0.1, -0.05) is 16.8 Å². The number of nitrogens with one attached hydrogen (secondary N) is 3. The molecule has 0 saturated heterocycles. The summed E-state index contributed by atoms with van der Waals surface area (Å²) in [5.41, 5.74) is 9.94. The predicted molar refractivity (Wildman–Crippen MR) is 138 cm³/mol. The molecule has 192 valence electrons. The van der Waals surface area contributed by atoms with E-state index in [9.17, 15) is 9.90 Å². The van der Waals surface area contributed by atoms with Crippen molar-refractivity contribution in [2.24, 2.45) is 5.22 Å². The van der Waals surface area contributed by atoms with E-state index in [4.69, 9.17) is 27.0 Å². The fourth-order valence-corrected chi connectivity index (χ4v) is 4.50. The van der Waals surface area contributed by atoms with Crippen LogP contribution in [0.3, 0.4) is 0 Å². The van der Waals surface area contributed by atoms with Gasteiger partial charge in [0.1, 0.15) is 6.34 Å². The lowest BCUT2D eigenvalue weighted by Crippen LogP contribution is -2.25. The molecule has 1 aliphatic carbocycles. The normalized spacial score (nSPS) is 16.0. The highest BCUT2D eigenvalue weighted by Gasteiger charge is 2.45. The minimum atomic E-state index is -1.57. The molecule has 0 aliphatic heterocycles. The zero-order valence-corrected chi connectivity index (χ0v) is 20.7. The number of aryl methyl sites for hydroxylation is 1. The molecule has 38 heavy (non-hydrogen) atoms. The first-order chi connectivity index (χ1) is 18.4. The molecule has 2 aromatic carbocycles. The molecule has 0 radical (unpaired) electrons. The van der Waals surface area contributed by atoms with E-state index in [0.717, 1.165) is 16.9 Å². The standard InChI is InChI=1S/C25H21ClN8O4/c1-37-24(35)30-18-5-2-14(3-6-18)22-31-32-23(38-22)25(36)9-8-15-10-16(12-29-21(15)25)19-11-17(26)4-7-20(19)34(13-27)33-28/h2-7,10-13,27-28,36H,8-9H2,1H3,(H,30,35). The first-order valence-corrected chi connectivity index (χ1v) is 11.7. The molecule has 1 aliphatic rings. The average molecular weight is 533 g/mol. The van der Waals surface area contributed by atoms with E-state index in [1.54, 1.807) is 48.7 Å². The Labute approximate surface area is 221 Å². The van der Waals surface area contributed by atoms with E-state index >= 15 is 0 Å². The SMILES string of the molecule is COC(=O)Nc1ccc(-c2nnc(C3(O)CCc4cc(-c5cc(Cl)ccc5N(C=N)N=N)cnc43)o2)cc1. The Balaban J connectivity index is 1.44. The van der Waals surface area contributed by atoms with Crippen LogP contribution >= 0.6 is 11.6 Å². The molecule has 4 N–H and O–H groups in total. The quantitative estimate of drug-likeness (QED) is 0.109. The Hall–Kier alpha value is -4.68. The van der Waals surface area contributed by atoms with Gasteiger partial charge < -0.3 is 14.3 Å². The number of nitrogens with zero attached hydrogens (tertiary/aromatic N) is 5. The van der Waals surface area contributed by atoms with Crippen LogP contribution in [0.5, 0.6) is 0 Å². The second-order valence-corrected chi connectivity index (χ2v) is 8.87. The Morgan fingerprint density at radius 3 is 2.74 bits per heavy atom. The van der Waals surface area contributed by atoms with E-state index in [0.29, 0.717) is 51.6 Å². The van der Waals surface area contributed by atoms with Crippen LogP contribution in [0.1, 0.15) is 23.6 Å². The van der Waals surface area contributed by atoms with Crippen LogP contribution in [-0.4, -0.2) is 39.8 Å². The fraction of sp³-hybridized carbons (Fsp3) is 0.160. The highest BCUT2D eigenvalue weighted by atomic mass is 35.5. The number of halogens is 1. The zero-order valence-electron chi connectivity index (χ0n) is 20.0. The minimum Gasteiger partial charge on any atom is -0.453 e. The first-order valence-electron chi connectivity index (χ1n) is 11.3. The molecule has 1 amide bonds. The van der Waals surface area contributed by atoms with Crippen molar-refractivity contribution in [2.75, 3.05) is 17.4 Å². The number of hydrogen-bond donors (Lipinski definition) is 4. The summed E-state index contributed by atoms with van der Waals surface area (Å²) in [6, 6.07) is 13.6. The summed E-state index contributed by atoms with van der Waals surface area (Å²) < 4.78 is 10.4. The number of aromatic nitrogens is 3. The number of fused-ring (bicyclic) bond motifs is 1. The Kier molecular flexibility index (Phi) is 6.57. The third-order valence-corrected chi connectivity index (χ3v) is 6.44. The Bertz CT molecular complexity index is 1530.